The molecule has 1 aliphatic rings. The number of hydrogen-bond acceptors (Lipinski definition) is 4. The largest absolute Gasteiger partial charge is 0.354 e. The maximum atomic E-state index is 11.4. The van der Waals surface area contributed by atoms with Crippen LogP contribution in [0.5, 0.6) is 0 Å². The molecule has 0 aromatic carbocycles. The highest BCUT2D eigenvalue weighted by Crippen LogP contribution is 2.15. The Bertz CT molecular complexity index is 247. The van der Waals surface area contributed by atoms with E-state index in [1.165, 1.54) is 12.8 Å². The minimum Gasteiger partial charge on any atom is -0.354 e. The van der Waals surface area contributed by atoms with Crippen LogP contribution in [-0.2, 0) is 4.79 Å². The zero-order valence-electron chi connectivity index (χ0n) is 12.0. The van der Waals surface area contributed by atoms with E-state index in [1.807, 2.05) is 0 Å². The summed E-state index contributed by atoms with van der Waals surface area (Å²) in [6, 6.07) is -0.398. The normalized spacial score (nSPS) is 20.1. The monoisotopic (exact) mass is 256 g/mol. The van der Waals surface area contributed by atoms with Crippen LogP contribution in [0.2, 0.25) is 0 Å². The maximum absolute atomic E-state index is 11.4. The number of nitrogens with two attached hydrogens (primary N) is 1. The Morgan fingerprint density at radius 1 is 1.44 bits per heavy atom. The van der Waals surface area contributed by atoms with Crippen molar-refractivity contribution in [2.75, 3.05) is 46.8 Å². The summed E-state index contributed by atoms with van der Waals surface area (Å²) in [6.07, 6.45) is 2.35. The van der Waals surface area contributed by atoms with Gasteiger partial charge in [0.1, 0.15) is 0 Å². The second-order valence-corrected chi connectivity index (χ2v) is 5.62. The van der Waals surface area contributed by atoms with Gasteiger partial charge in [-0.1, -0.05) is 0 Å². The lowest BCUT2D eigenvalue weighted by Crippen LogP contribution is -2.44. The number of carbonyl (C=O) groups excluding carboxylic acids is 1. The van der Waals surface area contributed by atoms with Gasteiger partial charge in [-0.3, -0.25) is 4.79 Å². The Hall–Kier alpha value is -0.650. The van der Waals surface area contributed by atoms with Crippen LogP contribution in [0, 0.1) is 5.92 Å². The van der Waals surface area contributed by atoms with Crippen molar-refractivity contribution in [1.29, 1.82) is 0 Å². The Balaban J connectivity index is 2.13. The lowest BCUT2D eigenvalue weighted by molar-refractivity contribution is -0.122. The second kappa shape index (κ2) is 7.71. The SMILES string of the molecule is CC(N)C(=O)NCC1CCN(CCN(C)C)CC1. The molecule has 5 heteroatoms. The van der Waals surface area contributed by atoms with Crippen molar-refractivity contribution in [1.82, 2.24) is 15.1 Å². The van der Waals surface area contributed by atoms with E-state index in [9.17, 15) is 4.79 Å². The smallest absolute Gasteiger partial charge is 0.236 e. The zero-order chi connectivity index (χ0) is 13.5. The van der Waals surface area contributed by atoms with Gasteiger partial charge < -0.3 is 20.9 Å². The van der Waals surface area contributed by atoms with Crippen LogP contribution in [0.25, 0.3) is 0 Å². The van der Waals surface area contributed by atoms with Gasteiger partial charge in [0.2, 0.25) is 5.91 Å². The fourth-order valence-electron chi connectivity index (χ4n) is 2.16. The third-order valence-corrected chi connectivity index (χ3v) is 3.55. The van der Waals surface area contributed by atoms with E-state index < -0.39 is 6.04 Å². The molecule has 1 rings (SSSR count). The van der Waals surface area contributed by atoms with Gasteiger partial charge >= 0.3 is 0 Å². The molecule has 1 atom stereocenters. The van der Waals surface area contributed by atoms with E-state index in [4.69, 9.17) is 5.73 Å². The van der Waals surface area contributed by atoms with Gasteiger partial charge in [-0.2, -0.15) is 0 Å². The summed E-state index contributed by atoms with van der Waals surface area (Å²) in [5.74, 6) is 0.577. The number of nitrogens with one attached hydrogen (secondary N) is 1. The van der Waals surface area contributed by atoms with Gasteiger partial charge in [0.25, 0.3) is 0 Å². The fourth-order valence-corrected chi connectivity index (χ4v) is 2.16. The number of carbonyl (C=O) groups is 1. The minimum absolute atomic E-state index is 0.0370. The molecular formula is C13H28N4O. The second-order valence-electron chi connectivity index (χ2n) is 5.62. The number of rotatable bonds is 6. The van der Waals surface area contributed by atoms with E-state index in [1.54, 1.807) is 6.92 Å². The Kier molecular flexibility index (Phi) is 6.60. The van der Waals surface area contributed by atoms with Crippen LogP contribution in [0.15, 0.2) is 0 Å². The number of hydrogen-bond donors (Lipinski definition) is 2. The number of amides is 1. The summed E-state index contributed by atoms with van der Waals surface area (Å²) in [5, 5.41) is 2.93. The van der Waals surface area contributed by atoms with Crippen LogP contribution in [0.1, 0.15) is 19.8 Å². The van der Waals surface area contributed by atoms with Gasteiger partial charge in [-0.15, -0.1) is 0 Å². The number of likely N-dealkylation sites (N-methyl/N-ethyl adjacent to an activating group) is 1. The molecule has 0 aromatic rings. The molecule has 0 aromatic heterocycles. The summed E-state index contributed by atoms with van der Waals surface area (Å²) in [6.45, 7) is 7.05. The number of piperidine rings is 1. The van der Waals surface area contributed by atoms with E-state index in [2.05, 4.69) is 29.2 Å². The molecule has 18 heavy (non-hydrogen) atoms. The number of likely N-dealkylation sites (tertiary alicyclic amines) is 1. The fraction of sp³-hybridized carbons (Fsp3) is 0.923. The Morgan fingerprint density at radius 3 is 2.56 bits per heavy atom. The zero-order valence-corrected chi connectivity index (χ0v) is 12.0. The van der Waals surface area contributed by atoms with E-state index in [-0.39, 0.29) is 5.91 Å². The minimum atomic E-state index is -0.398. The molecular weight excluding hydrogens is 228 g/mol. The molecule has 0 aliphatic carbocycles. The molecule has 1 unspecified atom stereocenters. The quantitative estimate of drug-likeness (QED) is 0.686. The summed E-state index contributed by atoms with van der Waals surface area (Å²) in [4.78, 5) is 16.1. The molecule has 0 bridgehead atoms. The third-order valence-electron chi connectivity index (χ3n) is 3.55. The van der Waals surface area contributed by atoms with E-state index in [0.29, 0.717) is 5.92 Å². The topological polar surface area (TPSA) is 61.6 Å². The van der Waals surface area contributed by atoms with Crippen LogP contribution in [-0.4, -0.2) is 68.6 Å². The summed E-state index contributed by atoms with van der Waals surface area (Å²) in [5.41, 5.74) is 5.52. The predicted molar refractivity (Wildman–Crippen MR) is 74.4 cm³/mol. The molecule has 106 valence electrons. The van der Waals surface area contributed by atoms with Gasteiger partial charge in [0, 0.05) is 19.6 Å². The molecule has 1 heterocycles. The van der Waals surface area contributed by atoms with Crippen LogP contribution in [0.3, 0.4) is 0 Å². The van der Waals surface area contributed by atoms with Crippen molar-refractivity contribution < 1.29 is 4.79 Å². The first-order valence-corrected chi connectivity index (χ1v) is 6.89. The average molecular weight is 256 g/mol. The van der Waals surface area contributed by atoms with Gasteiger partial charge in [-0.25, -0.2) is 0 Å². The van der Waals surface area contributed by atoms with Crippen molar-refractivity contribution in [3.05, 3.63) is 0 Å². The molecule has 1 amide bonds. The summed E-state index contributed by atoms with van der Waals surface area (Å²) in [7, 11) is 4.21. The molecule has 3 N–H and O–H groups in total. The van der Waals surface area contributed by atoms with Gasteiger partial charge in [0.05, 0.1) is 6.04 Å². The number of nitrogens with zero attached hydrogens (tertiary/aromatic N) is 2. The third kappa shape index (κ3) is 5.80. The summed E-state index contributed by atoms with van der Waals surface area (Å²) < 4.78 is 0. The first kappa shape index (κ1) is 15.4. The van der Waals surface area contributed by atoms with Crippen molar-refractivity contribution in [2.24, 2.45) is 11.7 Å². The van der Waals surface area contributed by atoms with Crippen LogP contribution >= 0.6 is 0 Å². The molecule has 1 aliphatic heterocycles. The van der Waals surface area contributed by atoms with Crippen molar-refractivity contribution >= 4 is 5.91 Å². The Labute approximate surface area is 111 Å². The highest BCUT2D eigenvalue weighted by atomic mass is 16.2. The van der Waals surface area contributed by atoms with Crippen molar-refractivity contribution in [2.45, 2.75) is 25.8 Å². The predicted octanol–water partition coefficient (Wildman–Crippen LogP) is -0.277. The highest BCUT2D eigenvalue weighted by Gasteiger charge is 2.19. The molecule has 1 saturated heterocycles. The van der Waals surface area contributed by atoms with Crippen molar-refractivity contribution in [3.8, 4) is 0 Å². The standard InChI is InChI=1S/C13H28N4O/c1-11(14)13(18)15-10-12-4-6-17(7-5-12)9-8-16(2)3/h11-12H,4-10,14H2,1-3H3,(H,15,18). The molecule has 0 radical (unpaired) electrons. The molecule has 5 nitrogen and oxygen atoms in total. The lowest BCUT2D eigenvalue weighted by Gasteiger charge is -2.32. The van der Waals surface area contributed by atoms with E-state index in [0.717, 1.165) is 32.7 Å². The Morgan fingerprint density at radius 2 is 2.06 bits per heavy atom. The van der Waals surface area contributed by atoms with Crippen LogP contribution < -0.4 is 11.1 Å². The van der Waals surface area contributed by atoms with Crippen molar-refractivity contribution in [3.63, 3.8) is 0 Å². The van der Waals surface area contributed by atoms with Crippen LogP contribution in [0.4, 0.5) is 0 Å². The first-order valence-electron chi connectivity index (χ1n) is 6.89. The molecule has 1 fully saturated rings. The van der Waals surface area contributed by atoms with Gasteiger partial charge in [-0.05, 0) is 52.9 Å². The maximum Gasteiger partial charge on any atom is 0.236 e. The highest BCUT2D eigenvalue weighted by molar-refractivity contribution is 5.80. The molecule has 0 saturated carbocycles. The summed E-state index contributed by atoms with van der Waals surface area (Å²) >= 11 is 0. The first-order chi connectivity index (χ1) is 8.49. The molecule has 0 spiro atoms. The average Bonchev–Trinajstić information content (AvgIpc) is 2.34. The lowest BCUT2D eigenvalue weighted by atomic mass is 9.96. The van der Waals surface area contributed by atoms with Gasteiger partial charge in [0.15, 0.2) is 0 Å². The van der Waals surface area contributed by atoms with E-state index >= 15 is 0 Å².